The van der Waals surface area contributed by atoms with E-state index >= 15 is 0 Å². The molecule has 0 N–H and O–H groups in total. The van der Waals surface area contributed by atoms with Crippen molar-refractivity contribution < 1.29 is 14.5 Å². The van der Waals surface area contributed by atoms with Gasteiger partial charge in [0.2, 0.25) is 0 Å². The second-order valence-electron chi connectivity index (χ2n) is 7.94. The Morgan fingerprint density at radius 1 is 1.32 bits per heavy atom. The topological polar surface area (TPSA) is 88.8 Å². The smallest absolute Gasteiger partial charge is 0.410 e. The molecule has 8 nitrogen and oxygen atoms in total. The SMILES string of the molecule is CC(C)(C)OC(=O)N1CC2(CCN(c3ccncc3[N+](=O)[O-])CC2)C1. The summed E-state index contributed by atoms with van der Waals surface area (Å²) in [5.74, 6) is 0. The van der Waals surface area contributed by atoms with E-state index in [2.05, 4.69) is 4.98 Å². The molecule has 2 fully saturated rings. The molecule has 2 saturated heterocycles. The van der Waals surface area contributed by atoms with E-state index in [4.69, 9.17) is 4.74 Å². The number of anilines is 1. The van der Waals surface area contributed by atoms with Gasteiger partial charge in [0.25, 0.3) is 0 Å². The maximum Gasteiger partial charge on any atom is 0.410 e. The van der Waals surface area contributed by atoms with E-state index in [1.54, 1.807) is 17.2 Å². The van der Waals surface area contributed by atoms with Crippen molar-refractivity contribution in [2.24, 2.45) is 5.41 Å². The zero-order chi connectivity index (χ0) is 18.2. The fourth-order valence-corrected chi connectivity index (χ4v) is 3.54. The van der Waals surface area contributed by atoms with Crippen molar-refractivity contribution in [1.29, 1.82) is 0 Å². The minimum Gasteiger partial charge on any atom is -0.444 e. The molecule has 0 saturated carbocycles. The predicted molar refractivity (Wildman–Crippen MR) is 92.6 cm³/mol. The van der Waals surface area contributed by atoms with Crippen molar-refractivity contribution in [2.75, 3.05) is 31.1 Å². The van der Waals surface area contributed by atoms with E-state index in [1.807, 2.05) is 25.7 Å². The summed E-state index contributed by atoms with van der Waals surface area (Å²) >= 11 is 0. The van der Waals surface area contributed by atoms with Gasteiger partial charge in [-0.05, 0) is 39.7 Å². The molecule has 8 heteroatoms. The molecule has 1 amide bonds. The number of nitro groups is 1. The first-order valence-electron chi connectivity index (χ1n) is 8.50. The Balaban J connectivity index is 1.57. The van der Waals surface area contributed by atoms with E-state index in [-0.39, 0.29) is 22.1 Å². The van der Waals surface area contributed by atoms with Crippen LogP contribution in [0.1, 0.15) is 33.6 Å². The third-order valence-electron chi connectivity index (χ3n) is 4.84. The Morgan fingerprint density at radius 2 is 1.96 bits per heavy atom. The lowest BCUT2D eigenvalue weighted by molar-refractivity contribution is -0.384. The van der Waals surface area contributed by atoms with Gasteiger partial charge in [0.1, 0.15) is 17.5 Å². The Hall–Kier alpha value is -2.38. The lowest BCUT2D eigenvalue weighted by Crippen LogP contribution is -2.62. The van der Waals surface area contributed by atoms with E-state index in [9.17, 15) is 14.9 Å². The predicted octanol–water partition coefficient (Wildman–Crippen LogP) is 2.83. The molecular weight excluding hydrogens is 324 g/mol. The van der Waals surface area contributed by atoms with Crippen LogP contribution in [0.2, 0.25) is 0 Å². The van der Waals surface area contributed by atoms with Crippen LogP contribution >= 0.6 is 0 Å². The van der Waals surface area contributed by atoms with Crippen molar-refractivity contribution in [3.63, 3.8) is 0 Å². The molecule has 136 valence electrons. The Bertz CT molecular complexity index is 669. The summed E-state index contributed by atoms with van der Waals surface area (Å²) in [5.41, 5.74) is 0.305. The van der Waals surface area contributed by atoms with Gasteiger partial charge < -0.3 is 14.5 Å². The standard InChI is InChI=1S/C17H24N4O4/c1-16(2,3)25-15(22)20-11-17(12-20)5-8-19(9-6-17)13-4-7-18-10-14(13)21(23)24/h4,7,10H,5-6,8-9,11-12H2,1-3H3. The monoisotopic (exact) mass is 348 g/mol. The number of aromatic nitrogens is 1. The van der Waals surface area contributed by atoms with Crippen LogP contribution in [-0.2, 0) is 4.74 Å². The van der Waals surface area contributed by atoms with Crippen LogP contribution in [0.4, 0.5) is 16.2 Å². The maximum absolute atomic E-state index is 12.1. The number of rotatable bonds is 2. The molecule has 1 aromatic rings. The largest absolute Gasteiger partial charge is 0.444 e. The highest BCUT2D eigenvalue weighted by Crippen LogP contribution is 2.42. The van der Waals surface area contributed by atoms with Gasteiger partial charge >= 0.3 is 11.8 Å². The fourth-order valence-electron chi connectivity index (χ4n) is 3.54. The maximum atomic E-state index is 12.1. The third kappa shape index (κ3) is 3.67. The molecule has 2 aliphatic rings. The number of amides is 1. The number of ether oxygens (including phenoxy) is 1. The summed E-state index contributed by atoms with van der Waals surface area (Å²) in [6.45, 7) is 8.48. The highest BCUT2D eigenvalue weighted by Gasteiger charge is 2.48. The summed E-state index contributed by atoms with van der Waals surface area (Å²) in [6.07, 6.45) is 4.44. The molecule has 25 heavy (non-hydrogen) atoms. The third-order valence-corrected chi connectivity index (χ3v) is 4.84. The molecule has 0 atom stereocenters. The number of carbonyl (C=O) groups is 1. The number of nitrogens with zero attached hydrogens (tertiary/aromatic N) is 4. The van der Waals surface area contributed by atoms with Crippen LogP contribution in [0.5, 0.6) is 0 Å². The number of piperidine rings is 1. The molecule has 3 rings (SSSR count). The molecule has 0 aliphatic carbocycles. The number of hydrogen-bond donors (Lipinski definition) is 0. The van der Waals surface area contributed by atoms with Gasteiger partial charge in [-0.25, -0.2) is 4.79 Å². The van der Waals surface area contributed by atoms with Crippen molar-refractivity contribution in [2.45, 2.75) is 39.2 Å². The van der Waals surface area contributed by atoms with Crippen molar-refractivity contribution in [3.8, 4) is 0 Å². The molecule has 0 unspecified atom stereocenters. The molecule has 3 heterocycles. The van der Waals surface area contributed by atoms with Gasteiger partial charge in [0.05, 0.1) is 4.92 Å². The van der Waals surface area contributed by atoms with Crippen molar-refractivity contribution in [3.05, 3.63) is 28.6 Å². The Kier molecular flexibility index (Phi) is 4.30. The van der Waals surface area contributed by atoms with Gasteiger partial charge in [0, 0.05) is 37.8 Å². The van der Waals surface area contributed by atoms with Gasteiger partial charge in [-0.15, -0.1) is 0 Å². The van der Waals surface area contributed by atoms with Gasteiger partial charge in [-0.3, -0.25) is 15.1 Å². The second kappa shape index (κ2) is 6.16. The molecule has 1 aromatic heterocycles. The molecule has 2 aliphatic heterocycles. The van der Waals surface area contributed by atoms with E-state index in [1.165, 1.54) is 6.20 Å². The average molecular weight is 348 g/mol. The molecule has 0 aromatic carbocycles. The Morgan fingerprint density at radius 3 is 2.52 bits per heavy atom. The molecule has 1 spiro atoms. The minimum atomic E-state index is -0.483. The zero-order valence-electron chi connectivity index (χ0n) is 14.9. The van der Waals surface area contributed by atoms with Gasteiger partial charge in [-0.2, -0.15) is 0 Å². The molecule has 0 bridgehead atoms. The minimum absolute atomic E-state index is 0.0439. The normalized spacial score (nSPS) is 19.5. The zero-order valence-corrected chi connectivity index (χ0v) is 14.9. The first kappa shape index (κ1) is 17.4. The van der Waals surface area contributed by atoms with Crippen molar-refractivity contribution in [1.82, 2.24) is 9.88 Å². The second-order valence-corrected chi connectivity index (χ2v) is 7.94. The van der Waals surface area contributed by atoms with Crippen LogP contribution in [0, 0.1) is 15.5 Å². The number of hydrogen-bond acceptors (Lipinski definition) is 6. The van der Waals surface area contributed by atoms with Crippen LogP contribution < -0.4 is 4.90 Å². The van der Waals surface area contributed by atoms with Gasteiger partial charge in [-0.1, -0.05) is 0 Å². The number of pyridine rings is 1. The van der Waals surface area contributed by atoms with E-state index in [0.29, 0.717) is 18.8 Å². The quantitative estimate of drug-likeness (QED) is 0.603. The first-order chi connectivity index (χ1) is 11.7. The number of carbonyl (C=O) groups excluding carboxylic acids is 1. The Labute approximate surface area is 146 Å². The highest BCUT2D eigenvalue weighted by atomic mass is 16.6. The summed E-state index contributed by atoms with van der Waals surface area (Å²) in [6, 6.07) is 1.70. The van der Waals surface area contributed by atoms with Crippen LogP contribution in [0.15, 0.2) is 18.5 Å². The molecular formula is C17H24N4O4. The van der Waals surface area contributed by atoms with Gasteiger partial charge in [0.15, 0.2) is 0 Å². The van der Waals surface area contributed by atoms with E-state index < -0.39 is 5.60 Å². The number of likely N-dealkylation sites (tertiary alicyclic amines) is 1. The lowest BCUT2D eigenvalue weighted by atomic mass is 9.72. The fraction of sp³-hybridized carbons (Fsp3) is 0.647. The summed E-state index contributed by atoms with van der Waals surface area (Å²) in [5, 5.41) is 11.2. The van der Waals surface area contributed by atoms with Crippen LogP contribution in [0.25, 0.3) is 0 Å². The van der Waals surface area contributed by atoms with Crippen LogP contribution in [0.3, 0.4) is 0 Å². The summed E-state index contributed by atoms with van der Waals surface area (Å²) in [7, 11) is 0. The summed E-state index contributed by atoms with van der Waals surface area (Å²) in [4.78, 5) is 30.5. The lowest BCUT2D eigenvalue weighted by Gasteiger charge is -2.53. The van der Waals surface area contributed by atoms with E-state index in [0.717, 1.165) is 25.9 Å². The summed E-state index contributed by atoms with van der Waals surface area (Å²) < 4.78 is 5.40. The van der Waals surface area contributed by atoms with Crippen molar-refractivity contribution >= 4 is 17.5 Å². The van der Waals surface area contributed by atoms with Crippen LogP contribution in [-0.4, -0.2) is 52.7 Å². The first-order valence-corrected chi connectivity index (χ1v) is 8.50. The highest BCUT2D eigenvalue weighted by molar-refractivity contribution is 5.69. The molecule has 0 radical (unpaired) electrons. The average Bonchev–Trinajstić information content (AvgIpc) is 2.51.